The van der Waals surface area contributed by atoms with Crippen LogP contribution in [0.4, 0.5) is 0 Å². The van der Waals surface area contributed by atoms with Gasteiger partial charge in [0, 0.05) is 30.8 Å². The predicted octanol–water partition coefficient (Wildman–Crippen LogP) is 0.903. The van der Waals surface area contributed by atoms with Gasteiger partial charge in [0.2, 0.25) is 0 Å². The lowest BCUT2D eigenvalue weighted by atomic mass is 9.78. The lowest BCUT2D eigenvalue weighted by Gasteiger charge is -2.39. The summed E-state index contributed by atoms with van der Waals surface area (Å²) in [5, 5.41) is 0. The van der Waals surface area contributed by atoms with E-state index >= 15 is 0 Å². The molecule has 0 aromatic rings. The average molecular weight is 390 g/mol. The van der Waals surface area contributed by atoms with Crippen molar-refractivity contribution in [2.24, 2.45) is 10.8 Å². The van der Waals surface area contributed by atoms with Crippen molar-refractivity contribution in [3.63, 3.8) is 0 Å². The molecule has 2 aliphatic carbocycles. The molecule has 2 aliphatic rings. The van der Waals surface area contributed by atoms with Crippen molar-refractivity contribution in [1.82, 2.24) is 0 Å². The molecule has 2 rings (SSSR count). The number of esters is 3. The molecule has 0 aromatic heterocycles. The fraction of sp³-hybridized carbons (Fsp3) is 0.688. The smallest absolute Gasteiger partial charge is 0.330 e. The molecular weight excluding hydrogens is 368 g/mol. The van der Waals surface area contributed by atoms with Gasteiger partial charge in [0.05, 0.1) is 6.61 Å². The maximum Gasteiger partial charge on any atom is 0.330 e. The van der Waals surface area contributed by atoms with Gasteiger partial charge in [0.15, 0.2) is 0 Å². The summed E-state index contributed by atoms with van der Waals surface area (Å²) in [6, 6.07) is 0. The summed E-state index contributed by atoms with van der Waals surface area (Å²) in [6.45, 7) is 5.75. The Kier molecular flexibility index (Phi) is 6.20. The van der Waals surface area contributed by atoms with Gasteiger partial charge in [-0.3, -0.25) is 18.3 Å². The Morgan fingerprint density at radius 1 is 1.12 bits per heavy atom. The molecule has 146 valence electrons. The van der Waals surface area contributed by atoms with Crippen LogP contribution in [0.5, 0.6) is 0 Å². The summed E-state index contributed by atoms with van der Waals surface area (Å²) < 4.78 is 41.4. The summed E-state index contributed by atoms with van der Waals surface area (Å²) >= 11 is -2.63. The molecule has 0 amide bonds. The Balaban J connectivity index is 2.38. The van der Waals surface area contributed by atoms with Gasteiger partial charge < -0.3 is 14.2 Å². The molecule has 2 saturated carbocycles. The van der Waals surface area contributed by atoms with E-state index in [1.54, 1.807) is 0 Å². The van der Waals surface area contributed by atoms with E-state index in [1.807, 2.05) is 0 Å². The molecule has 0 aromatic carbocycles. The summed E-state index contributed by atoms with van der Waals surface area (Å²) in [4.78, 5) is 34.3. The van der Waals surface area contributed by atoms with Gasteiger partial charge in [-0.1, -0.05) is 6.58 Å². The van der Waals surface area contributed by atoms with Gasteiger partial charge in [-0.25, -0.2) is 4.79 Å². The molecule has 0 spiro atoms. The molecule has 0 aliphatic heterocycles. The highest BCUT2D eigenvalue weighted by Crippen LogP contribution is 2.63. The van der Waals surface area contributed by atoms with Crippen LogP contribution < -0.4 is 0 Å². The highest BCUT2D eigenvalue weighted by molar-refractivity contribution is 7.74. The zero-order valence-electron chi connectivity index (χ0n) is 14.6. The normalized spacial score (nSPS) is 33.3. The van der Waals surface area contributed by atoms with Gasteiger partial charge in [-0.15, -0.1) is 0 Å². The monoisotopic (exact) mass is 390 g/mol. The molecule has 5 unspecified atom stereocenters. The zero-order chi connectivity index (χ0) is 19.5. The number of rotatable bonds is 8. The number of hydrogen-bond donors (Lipinski definition) is 1. The second-order valence-corrected chi connectivity index (χ2v) is 7.38. The van der Waals surface area contributed by atoms with E-state index < -0.39 is 52.3 Å². The highest BCUT2D eigenvalue weighted by atomic mass is 32.2. The highest BCUT2D eigenvalue weighted by Gasteiger charge is 2.69. The quantitative estimate of drug-likeness (QED) is 0.278. The van der Waals surface area contributed by atoms with Crippen molar-refractivity contribution in [3.8, 4) is 0 Å². The minimum absolute atomic E-state index is 0.0445. The number of carbonyl (C=O) groups is 3. The Morgan fingerprint density at radius 2 is 1.62 bits per heavy atom. The third-order valence-corrected chi connectivity index (χ3v) is 5.40. The minimum atomic E-state index is -2.63. The summed E-state index contributed by atoms with van der Waals surface area (Å²) in [6.07, 6.45) is 0.364. The first-order valence-corrected chi connectivity index (χ1v) is 9.05. The lowest BCUT2D eigenvalue weighted by Crippen LogP contribution is -2.50. The van der Waals surface area contributed by atoms with Crippen molar-refractivity contribution in [2.75, 3.05) is 13.2 Å². The number of ether oxygens (including phenoxy) is 3. The van der Waals surface area contributed by atoms with E-state index in [1.165, 1.54) is 13.8 Å². The Bertz CT molecular complexity index is 633. The van der Waals surface area contributed by atoms with Crippen LogP contribution in [0.1, 0.15) is 33.1 Å². The largest absolute Gasteiger partial charge is 0.465 e. The van der Waals surface area contributed by atoms with E-state index in [-0.39, 0.29) is 13.2 Å². The molecule has 2 fully saturated rings. The van der Waals surface area contributed by atoms with Crippen molar-refractivity contribution >= 4 is 29.3 Å². The Morgan fingerprint density at radius 3 is 2.04 bits per heavy atom. The van der Waals surface area contributed by atoms with E-state index in [0.717, 1.165) is 6.08 Å². The SMILES string of the molecule is C=CC(=O)OC1C(OS(=O)O)C2(COC(C)=O)CCC1(COC(C)=O)C2. The molecule has 10 heteroatoms. The molecule has 0 saturated heterocycles. The van der Waals surface area contributed by atoms with E-state index in [4.69, 9.17) is 18.4 Å². The van der Waals surface area contributed by atoms with Crippen molar-refractivity contribution in [2.45, 2.75) is 45.3 Å². The van der Waals surface area contributed by atoms with E-state index in [0.29, 0.717) is 19.3 Å². The predicted molar refractivity (Wildman–Crippen MR) is 87.7 cm³/mol. The third-order valence-electron chi connectivity index (χ3n) is 5.03. The molecule has 9 nitrogen and oxygen atoms in total. The molecule has 1 N–H and O–H groups in total. The maximum atomic E-state index is 11.8. The van der Waals surface area contributed by atoms with Gasteiger partial charge in [0.1, 0.15) is 18.8 Å². The van der Waals surface area contributed by atoms with Crippen LogP contribution in [0.3, 0.4) is 0 Å². The fourth-order valence-electron chi connectivity index (χ4n) is 4.01. The second-order valence-electron chi connectivity index (χ2n) is 6.76. The van der Waals surface area contributed by atoms with Crippen LogP contribution in [0.15, 0.2) is 12.7 Å². The fourth-order valence-corrected chi connectivity index (χ4v) is 4.49. The van der Waals surface area contributed by atoms with Crippen LogP contribution in [0.25, 0.3) is 0 Å². The number of fused-ring (bicyclic) bond motifs is 2. The topological polar surface area (TPSA) is 125 Å². The molecular formula is C16H22O9S. The standard InChI is InChI=1S/C16H22O9S/c1-4-12(19)24-13-14(25-26(20)21)16(9-23-11(3)18)6-5-15(13,7-16)8-22-10(2)17/h4,13-14H,1,5-9H2,2-3H3,(H,20,21). The molecule has 5 atom stereocenters. The van der Waals surface area contributed by atoms with Crippen LogP contribution in [0, 0.1) is 10.8 Å². The first-order valence-electron chi connectivity index (χ1n) is 8.02. The second kappa shape index (κ2) is 7.85. The van der Waals surface area contributed by atoms with Crippen molar-refractivity contribution < 1.29 is 41.5 Å². The van der Waals surface area contributed by atoms with Crippen LogP contribution in [-0.4, -0.2) is 52.1 Å². The summed E-state index contributed by atoms with van der Waals surface area (Å²) in [5.74, 6) is -1.74. The van der Waals surface area contributed by atoms with Crippen LogP contribution in [0.2, 0.25) is 0 Å². The summed E-state index contributed by atoms with van der Waals surface area (Å²) in [7, 11) is 0. The minimum Gasteiger partial charge on any atom is -0.465 e. The number of carbonyl (C=O) groups excluding carboxylic acids is 3. The first-order chi connectivity index (χ1) is 12.1. The van der Waals surface area contributed by atoms with Crippen LogP contribution >= 0.6 is 0 Å². The third kappa shape index (κ3) is 4.13. The first kappa shape index (κ1) is 20.5. The van der Waals surface area contributed by atoms with E-state index in [2.05, 4.69) is 6.58 Å². The Hall–Kier alpha value is -1.78. The molecule has 0 radical (unpaired) electrons. The van der Waals surface area contributed by atoms with Gasteiger partial charge in [-0.2, -0.15) is 4.21 Å². The van der Waals surface area contributed by atoms with Crippen molar-refractivity contribution in [3.05, 3.63) is 12.7 Å². The zero-order valence-corrected chi connectivity index (χ0v) is 15.4. The summed E-state index contributed by atoms with van der Waals surface area (Å²) in [5.41, 5.74) is -1.62. The Labute approximate surface area is 153 Å². The number of hydrogen-bond acceptors (Lipinski definition) is 8. The molecule has 26 heavy (non-hydrogen) atoms. The maximum absolute atomic E-state index is 11.8. The van der Waals surface area contributed by atoms with Crippen molar-refractivity contribution in [1.29, 1.82) is 0 Å². The van der Waals surface area contributed by atoms with Gasteiger partial charge in [-0.05, 0) is 19.3 Å². The van der Waals surface area contributed by atoms with Crippen LogP contribution in [-0.2, 0) is 44.1 Å². The average Bonchev–Trinajstić information content (AvgIpc) is 3.05. The lowest BCUT2D eigenvalue weighted by molar-refractivity contribution is -0.169. The van der Waals surface area contributed by atoms with Gasteiger partial charge in [0.25, 0.3) is 0 Å². The van der Waals surface area contributed by atoms with E-state index in [9.17, 15) is 23.1 Å². The molecule has 0 heterocycles. The molecule has 2 bridgehead atoms. The van der Waals surface area contributed by atoms with Gasteiger partial charge >= 0.3 is 29.3 Å².